The molecule has 0 unspecified atom stereocenters. The van der Waals surface area contributed by atoms with Crippen LogP contribution in [0, 0.1) is 0 Å². The monoisotopic (exact) mass is 336 g/mol. The van der Waals surface area contributed by atoms with Gasteiger partial charge in [-0.1, -0.05) is 18.2 Å². The number of amides is 2. The number of carbonyl (C=O) groups excluding carboxylic acids is 1. The van der Waals surface area contributed by atoms with Crippen molar-refractivity contribution in [2.75, 3.05) is 24.7 Å². The standard InChI is InChI=1S/C20H20N2O3/c23-20(22-8-5-13-3-1-2-4-17(13)22)21-12-16-15-7-10-24-18(15)11-14-6-9-25-19(14)16/h1-4,11H,5-10,12H2,(H,21,23). The van der Waals surface area contributed by atoms with Gasteiger partial charge in [0.2, 0.25) is 0 Å². The molecule has 0 saturated carbocycles. The van der Waals surface area contributed by atoms with Gasteiger partial charge in [-0.05, 0) is 24.1 Å². The molecular weight excluding hydrogens is 316 g/mol. The molecule has 0 spiro atoms. The summed E-state index contributed by atoms with van der Waals surface area (Å²) in [5, 5.41) is 3.09. The fourth-order valence-electron chi connectivity index (χ4n) is 4.08. The van der Waals surface area contributed by atoms with E-state index in [0.29, 0.717) is 19.8 Å². The molecule has 5 rings (SSSR count). The van der Waals surface area contributed by atoms with Gasteiger partial charge in [-0.15, -0.1) is 0 Å². The summed E-state index contributed by atoms with van der Waals surface area (Å²) in [5.41, 5.74) is 5.71. The molecule has 128 valence electrons. The molecule has 3 aliphatic rings. The Balaban J connectivity index is 1.38. The number of hydrogen-bond donors (Lipinski definition) is 1. The first-order valence-electron chi connectivity index (χ1n) is 8.88. The quantitative estimate of drug-likeness (QED) is 0.917. The normalized spacial score (nSPS) is 16.7. The number of benzene rings is 2. The Kier molecular flexibility index (Phi) is 3.33. The topological polar surface area (TPSA) is 50.8 Å². The number of para-hydroxylation sites is 1. The van der Waals surface area contributed by atoms with Crippen LogP contribution in [0.5, 0.6) is 11.5 Å². The van der Waals surface area contributed by atoms with Crippen LogP contribution in [0.2, 0.25) is 0 Å². The second-order valence-electron chi connectivity index (χ2n) is 6.71. The van der Waals surface area contributed by atoms with Crippen molar-refractivity contribution in [3.63, 3.8) is 0 Å². The number of fused-ring (bicyclic) bond motifs is 3. The highest BCUT2D eigenvalue weighted by Gasteiger charge is 2.28. The number of hydrogen-bond acceptors (Lipinski definition) is 3. The van der Waals surface area contributed by atoms with Gasteiger partial charge in [0, 0.05) is 48.3 Å². The predicted molar refractivity (Wildman–Crippen MR) is 94.6 cm³/mol. The van der Waals surface area contributed by atoms with Gasteiger partial charge in [-0.3, -0.25) is 4.90 Å². The van der Waals surface area contributed by atoms with Gasteiger partial charge in [-0.25, -0.2) is 4.79 Å². The van der Waals surface area contributed by atoms with E-state index < -0.39 is 0 Å². The smallest absolute Gasteiger partial charge is 0.322 e. The summed E-state index contributed by atoms with van der Waals surface area (Å²) in [6, 6.07) is 10.2. The Hall–Kier alpha value is -2.69. The van der Waals surface area contributed by atoms with Crippen LogP contribution in [-0.2, 0) is 25.8 Å². The van der Waals surface area contributed by atoms with E-state index in [-0.39, 0.29) is 6.03 Å². The van der Waals surface area contributed by atoms with Crippen LogP contribution >= 0.6 is 0 Å². The van der Waals surface area contributed by atoms with Crippen LogP contribution in [-0.4, -0.2) is 25.8 Å². The molecular formula is C20H20N2O3. The number of nitrogens with one attached hydrogen (secondary N) is 1. The van der Waals surface area contributed by atoms with E-state index in [1.807, 2.05) is 23.1 Å². The molecule has 0 atom stereocenters. The summed E-state index contributed by atoms with van der Waals surface area (Å²) < 4.78 is 11.6. The molecule has 5 nitrogen and oxygen atoms in total. The first-order valence-corrected chi connectivity index (χ1v) is 8.88. The first-order chi connectivity index (χ1) is 12.3. The van der Waals surface area contributed by atoms with Gasteiger partial charge in [0.05, 0.1) is 13.2 Å². The molecule has 0 aliphatic carbocycles. The van der Waals surface area contributed by atoms with Crippen molar-refractivity contribution in [2.24, 2.45) is 0 Å². The molecule has 3 heterocycles. The fourth-order valence-corrected chi connectivity index (χ4v) is 4.08. The van der Waals surface area contributed by atoms with E-state index in [1.165, 1.54) is 16.7 Å². The van der Waals surface area contributed by atoms with E-state index in [0.717, 1.165) is 48.6 Å². The van der Waals surface area contributed by atoms with Gasteiger partial charge < -0.3 is 14.8 Å². The Morgan fingerprint density at radius 1 is 1.08 bits per heavy atom. The van der Waals surface area contributed by atoms with Crippen molar-refractivity contribution in [2.45, 2.75) is 25.8 Å². The average Bonchev–Trinajstić information content (AvgIpc) is 3.36. The Bertz CT molecular complexity index is 830. The Morgan fingerprint density at radius 2 is 1.96 bits per heavy atom. The summed E-state index contributed by atoms with van der Waals surface area (Å²) in [6.07, 6.45) is 2.70. The van der Waals surface area contributed by atoms with Crippen molar-refractivity contribution in [3.8, 4) is 11.5 Å². The zero-order chi connectivity index (χ0) is 16.8. The zero-order valence-corrected chi connectivity index (χ0v) is 14.0. The fraction of sp³-hybridized carbons (Fsp3) is 0.350. The van der Waals surface area contributed by atoms with E-state index in [2.05, 4.69) is 17.4 Å². The van der Waals surface area contributed by atoms with E-state index in [9.17, 15) is 4.79 Å². The third-order valence-corrected chi connectivity index (χ3v) is 5.31. The third kappa shape index (κ3) is 2.34. The number of ether oxygens (including phenoxy) is 2. The maximum absolute atomic E-state index is 12.7. The van der Waals surface area contributed by atoms with Gasteiger partial charge in [0.15, 0.2) is 0 Å². The molecule has 25 heavy (non-hydrogen) atoms. The largest absolute Gasteiger partial charge is 0.493 e. The SMILES string of the molecule is O=C(NCc1c2c(cc3c1OCC3)OCC2)N1CCc2ccccc21. The first kappa shape index (κ1) is 14.6. The minimum atomic E-state index is -0.0479. The molecule has 1 N–H and O–H groups in total. The van der Waals surface area contributed by atoms with Gasteiger partial charge >= 0.3 is 6.03 Å². The number of nitrogens with zero attached hydrogens (tertiary/aromatic N) is 1. The molecule has 5 heteroatoms. The molecule has 2 aromatic carbocycles. The van der Waals surface area contributed by atoms with Crippen molar-refractivity contribution >= 4 is 11.7 Å². The lowest BCUT2D eigenvalue weighted by Crippen LogP contribution is -2.38. The summed E-state index contributed by atoms with van der Waals surface area (Å²) in [4.78, 5) is 14.6. The van der Waals surface area contributed by atoms with Gasteiger partial charge in [0.25, 0.3) is 0 Å². The molecule has 0 radical (unpaired) electrons. The van der Waals surface area contributed by atoms with E-state index in [4.69, 9.17) is 9.47 Å². The third-order valence-electron chi connectivity index (χ3n) is 5.31. The number of anilines is 1. The van der Waals surface area contributed by atoms with Crippen LogP contribution < -0.4 is 19.7 Å². The summed E-state index contributed by atoms with van der Waals surface area (Å²) >= 11 is 0. The number of urea groups is 1. The zero-order valence-electron chi connectivity index (χ0n) is 14.0. The summed E-state index contributed by atoms with van der Waals surface area (Å²) in [5.74, 6) is 1.91. The highest BCUT2D eigenvalue weighted by atomic mass is 16.5. The lowest BCUT2D eigenvalue weighted by atomic mass is 9.99. The molecule has 3 aliphatic heterocycles. The van der Waals surface area contributed by atoms with Crippen LogP contribution in [0.15, 0.2) is 30.3 Å². The minimum absolute atomic E-state index is 0.0479. The molecule has 2 aromatic rings. The van der Waals surface area contributed by atoms with Crippen molar-refractivity contribution in [3.05, 3.63) is 52.6 Å². The second-order valence-corrected chi connectivity index (χ2v) is 6.71. The van der Waals surface area contributed by atoms with Crippen molar-refractivity contribution < 1.29 is 14.3 Å². The second kappa shape index (κ2) is 5.69. The molecule has 0 fully saturated rings. The average molecular weight is 336 g/mol. The van der Waals surface area contributed by atoms with Crippen LogP contribution in [0.1, 0.15) is 22.3 Å². The highest BCUT2D eigenvalue weighted by molar-refractivity contribution is 5.94. The summed E-state index contributed by atoms with van der Waals surface area (Å²) in [7, 11) is 0. The maximum atomic E-state index is 12.7. The number of rotatable bonds is 2. The molecule has 2 amide bonds. The maximum Gasteiger partial charge on any atom is 0.322 e. The Labute approximate surface area is 146 Å². The minimum Gasteiger partial charge on any atom is -0.493 e. The lowest BCUT2D eigenvalue weighted by molar-refractivity contribution is 0.246. The van der Waals surface area contributed by atoms with Crippen LogP contribution in [0.25, 0.3) is 0 Å². The number of carbonyl (C=O) groups is 1. The molecule has 0 saturated heterocycles. The van der Waals surface area contributed by atoms with Crippen molar-refractivity contribution in [1.29, 1.82) is 0 Å². The lowest BCUT2D eigenvalue weighted by Gasteiger charge is -2.19. The van der Waals surface area contributed by atoms with Crippen molar-refractivity contribution in [1.82, 2.24) is 5.32 Å². The highest BCUT2D eigenvalue weighted by Crippen LogP contribution is 2.40. The predicted octanol–water partition coefficient (Wildman–Crippen LogP) is 2.83. The van der Waals surface area contributed by atoms with E-state index in [1.54, 1.807) is 0 Å². The van der Waals surface area contributed by atoms with Crippen LogP contribution in [0.4, 0.5) is 10.5 Å². The summed E-state index contributed by atoms with van der Waals surface area (Å²) in [6.45, 7) is 2.62. The van der Waals surface area contributed by atoms with E-state index >= 15 is 0 Å². The van der Waals surface area contributed by atoms with Gasteiger partial charge in [-0.2, -0.15) is 0 Å². The van der Waals surface area contributed by atoms with Crippen LogP contribution in [0.3, 0.4) is 0 Å². The van der Waals surface area contributed by atoms with Gasteiger partial charge in [0.1, 0.15) is 11.5 Å². The molecule has 0 bridgehead atoms. The Morgan fingerprint density at radius 3 is 2.92 bits per heavy atom. The molecule has 0 aromatic heterocycles.